The van der Waals surface area contributed by atoms with Crippen molar-refractivity contribution < 1.29 is 9.72 Å². The second-order valence-electron chi connectivity index (χ2n) is 5.40. The van der Waals surface area contributed by atoms with Crippen LogP contribution >= 0.6 is 0 Å². The highest BCUT2D eigenvalue weighted by Crippen LogP contribution is 2.28. The van der Waals surface area contributed by atoms with E-state index in [0.29, 0.717) is 0 Å². The van der Waals surface area contributed by atoms with Crippen molar-refractivity contribution in [2.45, 2.75) is 33.2 Å². The summed E-state index contributed by atoms with van der Waals surface area (Å²) in [6.45, 7) is 6.48. The average molecular weight is 277 g/mol. The molecule has 0 bridgehead atoms. The number of benzene rings is 1. The molecule has 1 fully saturated rings. The van der Waals surface area contributed by atoms with E-state index in [1.54, 1.807) is 6.07 Å². The number of nitrogens with zero attached hydrogens (tertiary/aromatic N) is 1. The highest BCUT2D eigenvalue weighted by Gasteiger charge is 2.30. The Kier molecular flexibility index (Phi) is 4.04. The van der Waals surface area contributed by atoms with Gasteiger partial charge in [-0.25, -0.2) is 0 Å². The fraction of sp³-hybridized carbons (Fsp3) is 0.500. The van der Waals surface area contributed by atoms with Crippen molar-refractivity contribution in [1.82, 2.24) is 5.32 Å². The Morgan fingerprint density at radius 3 is 2.60 bits per heavy atom. The van der Waals surface area contributed by atoms with E-state index in [-0.39, 0.29) is 29.2 Å². The fourth-order valence-electron chi connectivity index (χ4n) is 2.45. The van der Waals surface area contributed by atoms with Gasteiger partial charge < -0.3 is 10.6 Å². The molecule has 0 saturated carbocycles. The molecule has 1 aromatic rings. The van der Waals surface area contributed by atoms with E-state index in [1.807, 2.05) is 20.8 Å². The Morgan fingerprint density at radius 2 is 2.05 bits per heavy atom. The van der Waals surface area contributed by atoms with Crippen LogP contribution in [0.4, 0.5) is 11.4 Å². The van der Waals surface area contributed by atoms with Gasteiger partial charge in [0.2, 0.25) is 5.91 Å². The lowest BCUT2D eigenvalue weighted by Gasteiger charge is -2.16. The highest BCUT2D eigenvalue weighted by molar-refractivity contribution is 5.97. The zero-order chi connectivity index (χ0) is 14.9. The van der Waals surface area contributed by atoms with Gasteiger partial charge in [-0.1, -0.05) is 6.92 Å². The summed E-state index contributed by atoms with van der Waals surface area (Å²) in [5.74, 6) is 0.0296. The van der Waals surface area contributed by atoms with Crippen LogP contribution in [0.25, 0.3) is 0 Å². The molecule has 0 aromatic heterocycles. The van der Waals surface area contributed by atoms with Crippen molar-refractivity contribution in [3.8, 4) is 0 Å². The average Bonchev–Trinajstić information content (AvgIpc) is 2.79. The highest BCUT2D eigenvalue weighted by atomic mass is 16.6. The van der Waals surface area contributed by atoms with Crippen molar-refractivity contribution in [2.75, 3.05) is 11.9 Å². The Balaban J connectivity index is 2.26. The smallest absolute Gasteiger partial charge is 0.293 e. The van der Waals surface area contributed by atoms with Crippen LogP contribution in [0.1, 0.15) is 24.5 Å². The Labute approximate surface area is 117 Å². The SMILES string of the molecule is Cc1cc(NC(=O)C2NCCC2C)c([N+](=O)[O-])cc1C. The minimum absolute atomic E-state index is 0.0629. The molecule has 1 saturated heterocycles. The summed E-state index contributed by atoms with van der Waals surface area (Å²) in [4.78, 5) is 22.8. The van der Waals surface area contributed by atoms with Crippen LogP contribution in [0.5, 0.6) is 0 Å². The molecule has 1 heterocycles. The summed E-state index contributed by atoms with van der Waals surface area (Å²) in [6.07, 6.45) is 0.938. The summed E-state index contributed by atoms with van der Waals surface area (Å²) in [7, 11) is 0. The zero-order valence-corrected chi connectivity index (χ0v) is 11.9. The van der Waals surface area contributed by atoms with Crippen LogP contribution in [-0.4, -0.2) is 23.4 Å². The van der Waals surface area contributed by atoms with Gasteiger partial charge in [0.1, 0.15) is 5.69 Å². The topological polar surface area (TPSA) is 84.3 Å². The van der Waals surface area contributed by atoms with Crippen LogP contribution in [0.3, 0.4) is 0 Å². The molecule has 20 heavy (non-hydrogen) atoms. The molecule has 6 heteroatoms. The number of hydrogen-bond donors (Lipinski definition) is 2. The van der Waals surface area contributed by atoms with Crippen LogP contribution in [0, 0.1) is 29.9 Å². The van der Waals surface area contributed by atoms with E-state index < -0.39 is 4.92 Å². The molecule has 1 aliphatic rings. The standard InChI is InChI=1S/C14H19N3O3/c1-8-4-5-15-13(8)14(18)16-11-6-9(2)10(3)7-12(11)17(19)20/h6-8,13,15H,4-5H2,1-3H3,(H,16,18). The number of anilines is 1. The first-order valence-electron chi connectivity index (χ1n) is 6.70. The van der Waals surface area contributed by atoms with Gasteiger partial charge in [-0.3, -0.25) is 14.9 Å². The van der Waals surface area contributed by atoms with Gasteiger partial charge >= 0.3 is 0 Å². The molecular formula is C14H19N3O3. The number of amides is 1. The van der Waals surface area contributed by atoms with Gasteiger partial charge in [-0.2, -0.15) is 0 Å². The summed E-state index contributed by atoms with van der Waals surface area (Å²) in [6, 6.07) is 2.87. The quantitative estimate of drug-likeness (QED) is 0.655. The van der Waals surface area contributed by atoms with Gasteiger partial charge in [-0.15, -0.1) is 0 Å². The molecule has 1 aliphatic heterocycles. The van der Waals surface area contributed by atoms with Crippen LogP contribution in [0.2, 0.25) is 0 Å². The first-order valence-corrected chi connectivity index (χ1v) is 6.70. The molecule has 0 radical (unpaired) electrons. The molecule has 1 aromatic carbocycles. The largest absolute Gasteiger partial charge is 0.319 e. The Morgan fingerprint density at radius 1 is 1.40 bits per heavy atom. The van der Waals surface area contributed by atoms with Crippen LogP contribution in [0.15, 0.2) is 12.1 Å². The summed E-state index contributed by atoms with van der Waals surface area (Å²) < 4.78 is 0. The number of nitro groups is 1. The van der Waals surface area contributed by atoms with Gasteiger partial charge in [0.25, 0.3) is 5.69 Å². The summed E-state index contributed by atoms with van der Waals surface area (Å²) in [5.41, 5.74) is 1.96. The molecular weight excluding hydrogens is 258 g/mol. The van der Waals surface area contributed by atoms with Crippen molar-refractivity contribution in [1.29, 1.82) is 0 Å². The minimum Gasteiger partial charge on any atom is -0.319 e. The number of carbonyl (C=O) groups is 1. The number of aryl methyl sites for hydroxylation is 2. The summed E-state index contributed by atoms with van der Waals surface area (Å²) in [5, 5.41) is 16.9. The van der Waals surface area contributed by atoms with E-state index in [2.05, 4.69) is 10.6 Å². The minimum atomic E-state index is -0.465. The maximum Gasteiger partial charge on any atom is 0.293 e. The first kappa shape index (κ1) is 14.5. The third-order valence-corrected chi connectivity index (χ3v) is 3.88. The van der Waals surface area contributed by atoms with Crippen molar-refractivity contribution in [3.05, 3.63) is 33.4 Å². The monoisotopic (exact) mass is 277 g/mol. The number of rotatable bonds is 3. The normalized spacial score (nSPS) is 21.8. The van der Waals surface area contributed by atoms with E-state index in [4.69, 9.17) is 0 Å². The zero-order valence-electron chi connectivity index (χ0n) is 11.9. The molecule has 2 rings (SSSR count). The molecule has 0 spiro atoms. The van der Waals surface area contributed by atoms with Crippen LogP contribution in [-0.2, 0) is 4.79 Å². The van der Waals surface area contributed by atoms with E-state index in [1.165, 1.54) is 6.07 Å². The predicted molar refractivity (Wildman–Crippen MR) is 76.8 cm³/mol. The van der Waals surface area contributed by atoms with E-state index in [9.17, 15) is 14.9 Å². The lowest BCUT2D eigenvalue weighted by molar-refractivity contribution is -0.384. The first-order chi connectivity index (χ1) is 9.40. The molecule has 0 aliphatic carbocycles. The molecule has 6 nitrogen and oxygen atoms in total. The molecule has 2 unspecified atom stereocenters. The number of carbonyl (C=O) groups excluding carboxylic acids is 1. The predicted octanol–water partition coefficient (Wildman–Crippen LogP) is 2.15. The molecule has 2 N–H and O–H groups in total. The molecule has 2 atom stereocenters. The third-order valence-electron chi connectivity index (χ3n) is 3.88. The van der Waals surface area contributed by atoms with E-state index in [0.717, 1.165) is 24.1 Å². The second-order valence-corrected chi connectivity index (χ2v) is 5.40. The van der Waals surface area contributed by atoms with Gasteiger partial charge in [-0.05, 0) is 49.9 Å². The molecule has 108 valence electrons. The second kappa shape index (κ2) is 5.58. The van der Waals surface area contributed by atoms with Crippen LogP contribution < -0.4 is 10.6 Å². The maximum absolute atomic E-state index is 12.2. The Hall–Kier alpha value is -1.95. The van der Waals surface area contributed by atoms with Crippen molar-refractivity contribution in [3.63, 3.8) is 0 Å². The number of nitro benzene ring substituents is 1. The van der Waals surface area contributed by atoms with Gasteiger partial charge in [0.15, 0.2) is 0 Å². The van der Waals surface area contributed by atoms with Crippen molar-refractivity contribution >= 4 is 17.3 Å². The van der Waals surface area contributed by atoms with Gasteiger partial charge in [0.05, 0.1) is 11.0 Å². The lowest BCUT2D eigenvalue weighted by atomic mass is 10.0. The number of hydrogen-bond acceptors (Lipinski definition) is 4. The van der Waals surface area contributed by atoms with Crippen molar-refractivity contribution in [2.24, 2.45) is 5.92 Å². The maximum atomic E-state index is 12.2. The lowest BCUT2D eigenvalue weighted by Crippen LogP contribution is -2.39. The third kappa shape index (κ3) is 2.80. The summed E-state index contributed by atoms with van der Waals surface area (Å²) >= 11 is 0. The van der Waals surface area contributed by atoms with E-state index >= 15 is 0 Å². The van der Waals surface area contributed by atoms with Gasteiger partial charge in [0, 0.05) is 6.07 Å². The molecule has 1 amide bonds. The number of nitrogens with one attached hydrogen (secondary N) is 2. The Bertz CT molecular complexity index is 557. The fourth-order valence-corrected chi connectivity index (χ4v) is 2.45.